The van der Waals surface area contributed by atoms with E-state index in [-0.39, 0.29) is 30.7 Å². The van der Waals surface area contributed by atoms with Gasteiger partial charge in [0.2, 0.25) is 0 Å². The van der Waals surface area contributed by atoms with Crippen molar-refractivity contribution in [2.24, 2.45) is 0 Å². The predicted octanol–water partition coefficient (Wildman–Crippen LogP) is 2.12. The van der Waals surface area contributed by atoms with E-state index in [1.807, 2.05) is 0 Å². The average Bonchev–Trinajstić information content (AvgIpc) is 2.64. The smallest absolute Gasteiger partial charge is 0.314 e. The molecule has 7 heteroatoms. The zero-order valence-corrected chi connectivity index (χ0v) is 15.6. The van der Waals surface area contributed by atoms with E-state index in [2.05, 4.69) is 34.7 Å². The highest BCUT2D eigenvalue weighted by molar-refractivity contribution is 5.94. The summed E-state index contributed by atoms with van der Waals surface area (Å²) >= 11 is 0. The third kappa shape index (κ3) is 5.98. The van der Waals surface area contributed by atoms with Gasteiger partial charge in [0.05, 0.1) is 5.56 Å². The second kappa shape index (κ2) is 10.1. The van der Waals surface area contributed by atoms with E-state index in [0.29, 0.717) is 12.6 Å². The normalized spacial score (nSPS) is 18.8. The van der Waals surface area contributed by atoms with Crippen LogP contribution in [0.5, 0.6) is 0 Å². The van der Waals surface area contributed by atoms with Crippen LogP contribution >= 0.6 is 0 Å². The molecule has 0 unspecified atom stereocenters. The first-order valence-corrected chi connectivity index (χ1v) is 9.29. The molecule has 0 radical (unpaired) electrons. The Labute approximate surface area is 154 Å². The van der Waals surface area contributed by atoms with Gasteiger partial charge < -0.3 is 16.0 Å². The number of benzene rings is 1. The predicted molar refractivity (Wildman–Crippen MR) is 99.6 cm³/mol. The first-order chi connectivity index (χ1) is 12.5. The zero-order chi connectivity index (χ0) is 18.9. The number of rotatable bonds is 7. The summed E-state index contributed by atoms with van der Waals surface area (Å²) in [7, 11) is 0. The molecule has 0 aromatic heterocycles. The molecule has 0 aliphatic carbocycles. The molecule has 1 aromatic rings. The zero-order valence-electron chi connectivity index (χ0n) is 15.6. The summed E-state index contributed by atoms with van der Waals surface area (Å²) in [6.45, 7) is 6.52. The van der Waals surface area contributed by atoms with Gasteiger partial charge in [-0.25, -0.2) is 9.18 Å². The molecule has 3 amide bonds. The summed E-state index contributed by atoms with van der Waals surface area (Å²) in [4.78, 5) is 26.1. The molecule has 1 saturated heterocycles. The lowest BCUT2D eigenvalue weighted by molar-refractivity contribution is 0.0949. The Hall–Kier alpha value is -2.15. The van der Waals surface area contributed by atoms with Crippen molar-refractivity contribution < 1.29 is 14.0 Å². The number of carbonyl (C=O) groups is 2. The van der Waals surface area contributed by atoms with Gasteiger partial charge in [0.25, 0.3) is 5.91 Å². The van der Waals surface area contributed by atoms with Crippen molar-refractivity contribution >= 4 is 11.9 Å². The van der Waals surface area contributed by atoms with Gasteiger partial charge in [-0.15, -0.1) is 0 Å². The van der Waals surface area contributed by atoms with Crippen LogP contribution in [0, 0.1) is 5.82 Å². The average molecular weight is 364 g/mol. The third-order valence-electron chi connectivity index (χ3n) is 4.79. The molecule has 1 aromatic carbocycles. The van der Waals surface area contributed by atoms with Crippen molar-refractivity contribution in [3.05, 3.63) is 35.6 Å². The highest BCUT2D eigenvalue weighted by atomic mass is 19.1. The van der Waals surface area contributed by atoms with Crippen LogP contribution in [0.2, 0.25) is 0 Å². The van der Waals surface area contributed by atoms with Crippen LogP contribution in [0.15, 0.2) is 24.3 Å². The van der Waals surface area contributed by atoms with Gasteiger partial charge in [-0.1, -0.05) is 18.6 Å². The maximum atomic E-state index is 13.5. The Morgan fingerprint density at radius 3 is 2.65 bits per heavy atom. The van der Waals surface area contributed by atoms with Crippen molar-refractivity contribution in [3.8, 4) is 0 Å². The summed E-state index contributed by atoms with van der Waals surface area (Å²) in [5.41, 5.74) is 0.00132. The molecular weight excluding hydrogens is 335 g/mol. The van der Waals surface area contributed by atoms with Gasteiger partial charge in [0.1, 0.15) is 5.82 Å². The van der Waals surface area contributed by atoms with Crippen LogP contribution in [-0.4, -0.2) is 55.1 Å². The Balaban J connectivity index is 1.61. The third-order valence-corrected chi connectivity index (χ3v) is 4.79. The summed E-state index contributed by atoms with van der Waals surface area (Å²) in [5, 5.41) is 8.15. The number of likely N-dealkylation sites (tertiary alicyclic amines) is 1. The Morgan fingerprint density at radius 1 is 1.19 bits per heavy atom. The molecule has 0 bridgehead atoms. The fourth-order valence-corrected chi connectivity index (χ4v) is 3.29. The SMILES string of the molecule is C[C@H](CNC(=O)NCCNC(=O)c1ccccc1F)N1CCCC[C@@H]1C. The second-order valence-electron chi connectivity index (χ2n) is 6.80. The standard InChI is InChI=1S/C19H29FN4O2/c1-14-7-5-6-12-24(14)15(2)13-23-19(26)22-11-10-21-18(25)16-8-3-4-9-17(16)20/h3-4,8-9,14-15H,5-7,10-13H2,1-2H3,(H,21,25)(H2,22,23,26)/t14-,15+/m0/s1. The van der Waals surface area contributed by atoms with E-state index < -0.39 is 11.7 Å². The van der Waals surface area contributed by atoms with E-state index in [1.165, 1.54) is 37.5 Å². The molecule has 26 heavy (non-hydrogen) atoms. The number of amides is 3. The number of nitrogens with one attached hydrogen (secondary N) is 3. The number of hydrogen-bond donors (Lipinski definition) is 3. The lowest BCUT2D eigenvalue weighted by Crippen LogP contribution is -2.50. The Kier molecular flexibility index (Phi) is 7.84. The highest BCUT2D eigenvalue weighted by Crippen LogP contribution is 2.18. The monoisotopic (exact) mass is 364 g/mol. The highest BCUT2D eigenvalue weighted by Gasteiger charge is 2.23. The molecule has 1 fully saturated rings. The fraction of sp³-hybridized carbons (Fsp3) is 0.579. The molecule has 1 aliphatic rings. The molecule has 1 aliphatic heterocycles. The first kappa shape index (κ1) is 20.2. The van der Waals surface area contributed by atoms with Crippen LogP contribution in [-0.2, 0) is 0 Å². The maximum absolute atomic E-state index is 13.5. The number of hydrogen-bond acceptors (Lipinski definition) is 3. The quantitative estimate of drug-likeness (QED) is 0.649. The summed E-state index contributed by atoms with van der Waals surface area (Å²) < 4.78 is 13.5. The van der Waals surface area contributed by atoms with E-state index >= 15 is 0 Å². The van der Waals surface area contributed by atoms with E-state index in [1.54, 1.807) is 6.07 Å². The second-order valence-corrected chi connectivity index (χ2v) is 6.80. The molecule has 6 nitrogen and oxygen atoms in total. The van der Waals surface area contributed by atoms with Gasteiger partial charge in [-0.3, -0.25) is 9.69 Å². The molecular formula is C19H29FN4O2. The van der Waals surface area contributed by atoms with E-state index in [4.69, 9.17) is 0 Å². The molecule has 0 saturated carbocycles. The van der Waals surface area contributed by atoms with Crippen molar-refractivity contribution in [2.75, 3.05) is 26.2 Å². The van der Waals surface area contributed by atoms with Crippen LogP contribution < -0.4 is 16.0 Å². The van der Waals surface area contributed by atoms with Gasteiger partial charge >= 0.3 is 6.03 Å². The molecule has 0 spiro atoms. The maximum Gasteiger partial charge on any atom is 0.314 e. The van der Waals surface area contributed by atoms with Gasteiger partial charge in [0, 0.05) is 31.7 Å². The molecule has 2 rings (SSSR count). The van der Waals surface area contributed by atoms with Crippen molar-refractivity contribution in [2.45, 2.75) is 45.2 Å². The van der Waals surface area contributed by atoms with Gasteiger partial charge in [-0.05, 0) is 45.4 Å². The number of urea groups is 1. The van der Waals surface area contributed by atoms with Crippen LogP contribution in [0.4, 0.5) is 9.18 Å². The summed E-state index contributed by atoms with van der Waals surface area (Å²) in [6.07, 6.45) is 3.69. The Morgan fingerprint density at radius 2 is 1.92 bits per heavy atom. The van der Waals surface area contributed by atoms with Crippen molar-refractivity contribution in [1.29, 1.82) is 0 Å². The minimum absolute atomic E-state index is 0.00132. The lowest BCUT2D eigenvalue weighted by atomic mass is 10.0. The molecule has 2 atom stereocenters. The summed E-state index contributed by atoms with van der Waals surface area (Å²) in [5.74, 6) is -1.05. The molecule has 3 N–H and O–H groups in total. The minimum Gasteiger partial charge on any atom is -0.350 e. The minimum atomic E-state index is -0.559. The van der Waals surface area contributed by atoms with Gasteiger partial charge in [-0.2, -0.15) is 0 Å². The first-order valence-electron chi connectivity index (χ1n) is 9.29. The van der Waals surface area contributed by atoms with Crippen molar-refractivity contribution in [3.63, 3.8) is 0 Å². The van der Waals surface area contributed by atoms with Crippen LogP contribution in [0.3, 0.4) is 0 Å². The van der Waals surface area contributed by atoms with Crippen molar-refractivity contribution in [1.82, 2.24) is 20.9 Å². The topological polar surface area (TPSA) is 73.5 Å². The summed E-state index contributed by atoms with van der Waals surface area (Å²) in [6, 6.07) is 6.38. The Bertz CT molecular complexity index is 611. The van der Waals surface area contributed by atoms with Crippen LogP contribution in [0.1, 0.15) is 43.5 Å². The lowest BCUT2D eigenvalue weighted by Gasteiger charge is -2.38. The largest absolute Gasteiger partial charge is 0.350 e. The van der Waals surface area contributed by atoms with Gasteiger partial charge in [0.15, 0.2) is 0 Å². The van der Waals surface area contributed by atoms with Crippen LogP contribution in [0.25, 0.3) is 0 Å². The number of halogens is 1. The fourth-order valence-electron chi connectivity index (χ4n) is 3.29. The molecule has 1 heterocycles. The number of nitrogens with zero attached hydrogens (tertiary/aromatic N) is 1. The van der Waals surface area contributed by atoms with E-state index in [0.717, 1.165) is 6.54 Å². The number of piperidine rings is 1. The molecule has 144 valence electrons. The van der Waals surface area contributed by atoms with E-state index in [9.17, 15) is 14.0 Å². The number of carbonyl (C=O) groups excluding carboxylic acids is 2.